The van der Waals surface area contributed by atoms with E-state index < -0.39 is 0 Å². The minimum Gasteiger partial charge on any atom is -0.396 e. The Hall–Kier alpha value is -2.14. The zero-order chi connectivity index (χ0) is 16.4. The Morgan fingerprint density at radius 1 is 1.30 bits per heavy atom. The van der Waals surface area contributed by atoms with Gasteiger partial charge in [-0.1, -0.05) is 12.1 Å². The standard InChI is InChI=1S/C18H23N3O2/c1-13-9-14(2)21(19-13)11-15-3-5-17(6-4-15)18(23)20-8-7-16(10-20)12-22/h3-6,9,16,22H,7-8,10-12H2,1-2H3. The molecular weight excluding hydrogens is 290 g/mol. The maximum absolute atomic E-state index is 12.5. The molecule has 1 saturated heterocycles. The van der Waals surface area contributed by atoms with Crippen LogP contribution in [0, 0.1) is 19.8 Å². The first-order valence-electron chi connectivity index (χ1n) is 8.07. The van der Waals surface area contributed by atoms with Crippen molar-refractivity contribution in [2.75, 3.05) is 19.7 Å². The average Bonchev–Trinajstić information content (AvgIpc) is 3.14. The van der Waals surface area contributed by atoms with Crippen LogP contribution in [-0.4, -0.2) is 45.4 Å². The molecule has 1 aromatic heterocycles. The van der Waals surface area contributed by atoms with Gasteiger partial charge in [-0.25, -0.2) is 0 Å². The second-order valence-electron chi connectivity index (χ2n) is 6.37. The smallest absolute Gasteiger partial charge is 0.253 e. The van der Waals surface area contributed by atoms with Crippen LogP contribution < -0.4 is 0 Å². The Balaban J connectivity index is 1.67. The summed E-state index contributed by atoms with van der Waals surface area (Å²) < 4.78 is 1.97. The van der Waals surface area contributed by atoms with Crippen molar-refractivity contribution >= 4 is 5.91 Å². The van der Waals surface area contributed by atoms with Gasteiger partial charge in [0.2, 0.25) is 0 Å². The topological polar surface area (TPSA) is 58.4 Å². The fraction of sp³-hybridized carbons (Fsp3) is 0.444. The van der Waals surface area contributed by atoms with Gasteiger partial charge in [0.1, 0.15) is 0 Å². The van der Waals surface area contributed by atoms with E-state index in [1.807, 2.05) is 47.7 Å². The lowest BCUT2D eigenvalue weighted by Gasteiger charge is -2.16. The third kappa shape index (κ3) is 3.45. The summed E-state index contributed by atoms with van der Waals surface area (Å²) in [6.07, 6.45) is 0.887. The number of nitrogens with zero attached hydrogens (tertiary/aromatic N) is 3. The van der Waals surface area contributed by atoms with Crippen molar-refractivity contribution in [1.82, 2.24) is 14.7 Å². The summed E-state index contributed by atoms with van der Waals surface area (Å²) in [6.45, 7) is 6.29. The van der Waals surface area contributed by atoms with Crippen LogP contribution in [0.4, 0.5) is 0 Å². The number of likely N-dealkylation sites (tertiary alicyclic amines) is 1. The number of benzene rings is 1. The Kier molecular flexibility index (Phi) is 4.48. The monoisotopic (exact) mass is 313 g/mol. The molecule has 1 aliphatic rings. The summed E-state index contributed by atoms with van der Waals surface area (Å²) in [5.41, 5.74) is 3.99. The molecule has 1 amide bonds. The summed E-state index contributed by atoms with van der Waals surface area (Å²) in [4.78, 5) is 14.3. The lowest BCUT2D eigenvalue weighted by atomic mass is 10.1. The van der Waals surface area contributed by atoms with E-state index in [9.17, 15) is 9.90 Å². The Labute approximate surface area is 136 Å². The number of aliphatic hydroxyl groups excluding tert-OH is 1. The molecule has 0 aliphatic carbocycles. The molecule has 23 heavy (non-hydrogen) atoms. The van der Waals surface area contributed by atoms with E-state index in [0.29, 0.717) is 18.7 Å². The first-order chi connectivity index (χ1) is 11.1. The van der Waals surface area contributed by atoms with Crippen LogP contribution in [0.15, 0.2) is 30.3 Å². The van der Waals surface area contributed by atoms with Crippen LogP contribution in [0.1, 0.15) is 33.7 Å². The van der Waals surface area contributed by atoms with Crippen LogP contribution in [0.5, 0.6) is 0 Å². The third-order valence-electron chi connectivity index (χ3n) is 4.47. The van der Waals surface area contributed by atoms with Crippen LogP contribution in [0.2, 0.25) is 0 Å². The molecule has 5 heteroatoms. The van der Waals surface area contributed by atoms with E-state index in [1.165, 1.54) is 0 Å². The first kappa shape index (κ1) is 15.7. The predicted molar refractivity (Wildman–Crippen MR) is 88.3 cm³/mol. The van der Waals surface area contributed by atoms with Crippen LogP contribution in [0.3, 0.4) is 0 Å². The zero-order valence-electron chi connectivity index (χ0n) is 13.7. The zero-order valence-corrected chi connectivity index (χ0v) is 13.7. The number of hydrogen-bond donors (Lipinski definition) is 1. The second kappa shape index (κ2) is 6.54. The van der Waals surface area contributed by atoms with Gasteiger partial charge in [0.15, 0.2) is 0 Å². The SMILES string of the molecule is Cc1cc(C)n(Cc2ccc(C(=O)N3CCC(CO)C3)cc2)n1. The summed E-state index contributed by atoms with van der Waals surface area (Å²) in [5.74, 6) is 0.280. The number of carbonyl (C=O) groups excluding carboxylic acids is 1. The van der Waals surface area contributed by atoms with Gasteiger partial charge in [-0.2, -0.15) is 5.10 Å². The first-order valence-corrected chi connectivity index (χ1v) is 8.07. The minimum atomic E-state index is 0.0543. The molecule has 0 saturated carbocycles. The molecule has 122 valence electrons. The molecular formula is C18H23N3O2. The molecule has 0 radical (unpaired) electrons. The Bertz CT molecular complexity index is 691. The lowest BCUT2D eigenvalue weighted by Crippen LogP contribution is -2.29. The maximum Gasteiger partial charge on any atom is 0.253 e. The van der Waals surface area contributed by atoms with E-state index in [4.69, 9.17) is 0 Å². The van der Waals surface area contributed by atoms with Gasteiger partial charge in [-0.05, 0) is 44.0 Å². The lowest BCUT2D eigenvalue weighted by molar-refractivity contribution is 0.0782. The normalized spacial score (nSPS) is 17.7. The van der Waals surface area contributed by atoms with E-state index in [0.717, 1.165) is 29.9 Å². The number of rotatable bonds is 4. The molecule has 1 aromatic carbocycles. The van der Waals surface area contributed by atoms with Crippen molar-refractivity contribution in [3.63, 3.8) is 0 Å². The molecule has 1 atom stereocenters. The van der Waals surface area contributed by atoms with Crippen molar-refractivity contribution in [1.29, 1.82) is 0 Å². The summed E-state index contributed by atoms with van der Waals surface area (Å²) >= 11 is 0. The van der Waals surface area contributed by atoms with E-state index in [2.05, 4.69) is 11.2 Å². The summed E-state index contributed by atoms with van der Waals surface area (Å²) in [6, 6.07) is 9.81. The van der Waals surface area contributed by atoms with Crippen LogP contribution >= 0.6 is 0 Å². The number of aromatic nitrogens is 2. The highest BCUT2D eigenvalue weighted by Gasteiger charge is 2.26. The molecule has 1 fully saturated rings. The molecule has 5 nitrogen and oxygen atoms in total. The van der Waals surface area contributed by atoms with Gasteiger partial charge in [-0.3, -0.25) is 9.48 Å². The van der Waals surface area contributed by atoms with Crippen LogP contribution in [-0.2, 0) is 6.54 Å². The van der Waals surface area contributed by atoms with E-state index in [1.54, 1.807) is 0 Å². The second-order valence-corrected chi connectivity index (χ2v) is 6.37. The van der Waals surface area contributed by atoms with E-state index in [-0.39, 0.29) is 18.4 Å². The summed E-state index contributed by atoms with van der Waals surface area (Å²) in [5, 5.41) is 13.7. The Morgan fingerprint density at radius 3 is 2.61 bits per heavy atom. The highest BCUT2D eigenvalue weighted by Crippen LogP contribution is 2.18. The number of amides is 1. The highest BCUT2D eigenvalue weighted by molar-refractivity contribution is 5.94. The third-order valence-corrected chi connectivity index (χ3v) is 4.47. The van der Waals surface area contributed by atoms with Gasteiger partial charge in [-0.15, -0.1) is 0 Å². The molecule has 2 aromatic rings. The van der Waals surface area contributed by atoms with Gasteiger partial charge in [0.05, 0.1) is 12.2 Å². The number of hydrogen-bond acceptors (Lipinski definition) is 3. The molecule has 2 heterocycles. The average molecular weight is 313 g/mol. The quantitative estimate of drug-likeness (QED) is 0.939. The van der Waals surface area contributed by atoms with Gasteiger partial charge in [0.25, 0.3) is 5.91 Å². The number of aliphatic hydroxyl groups is 1. The molecule has 0 bridgehead atoms. The highest BCUT2D eigenvalue weighted by atomic mass is 16.3. The molecule has 3 rings (SSSR count). The van der Waals surface area contributed by atoms with Gasteiger partial charge < -0.3 is 10.0 Å². The molecule has 1 aliphatic heterocycles. The number of aryl methyl sites for hydroxylation is 2. The minimum absolute atomic E-state index is 0.0543. The van der Waals surface area contributed by atoms with Crippen LogP contribution in [0.25, 0.3) is 0 Å². The van der Waals surface area contributed by atoms with Gasteiger partial charge in [0, 0.05) is 36.9 Å². The van der Waals surface area contributed by atoms with Crippen molar-refractivity contribution in [2.24, 2.45) is 5.92 Å². The Morgan fingerprint density at radius 2 is 2.04 bits per heavy atom. The van der Waals surface area contributed by atoms with Crippen molar-refractivity contribution in [3.05, 3.63) is 52.8 Å². The van der Waals surface area contributed by atoms with Crippen molar-refractivity contribution < 1.29 is 9.90 Å². The molecule has 1 N–H and O–H groups in total. The largest absolute Gasteiger partial charge is 0.396 e. The van der Waals surface area contributed by atoms with Crippen molar-refractivity contribution in [2.45, 2.75) is 26.8 Å². The van der Waals surface area contributed by atoms with Crippen molar-refractivity contribution in [3.8, 4) is 0 Å². The molecule has 0 spiro atoms. The number of carbonyl (C=O) groups is 1. The summed E-state index contributed by atoms with van der Waals surface area (Å²) in [7, 11) is 0. The maximum atomic E-state index is 12.5. The molecule has 1 unspecified atom stereocenters. The van der Waals surface area contributed by atoms with E-state index >= 15 is 0 Å². The fourth-order valence-electron chi connectivity index (χ4n) is 3.11. The fourth-order valence-corrected chi connectivity index (χ4v) is 3.11. The van der Waals surface area contributed by atoms with Gasteiger partial charge >= 0.3 is 0 Å². The predicted octanol–water partition coefficient (Wildman–Crippen LogP) is 2.00.